The molecule has 12 heavy (non-hydrogen) atoms. The Balaban J connectivity index is 2.91. The molecule has 0 aromatic heterocycles. The Labute approximate surface area is 75.7 Å². The molecule has 0 nitrogen and oxygen atoms in total. The molecule has 0 aliphatic carbocycles. The standard InChI is InChI=1S/C10H6ClF/c11-8-4-3-6-9-5-1-2-7-10(9)12/h1-2,4-5,7-8H/b8-4-. The molecule has 0 spiro atoms. The number of halogens is 2. The normalized spacial score (nSPS) is 9.50. The van der Waals surface area contributed by atoms with Gasteiger partial charge in [-0.3, -0.25) is 0 Å². The fourth-order valence-corrected chi connectivity index (χ4v) is 0.776. The van der Waals surface area contributed by atoms with Crippen LogP contribution in [0, 0.1) is 17.7 Å². The molecule has 0 saturated carbocycles. The van der Waals surface area contributed by atoms with E-state index < -0.39 is 0 Å². The lowest BCUT2D eigenvalue weighted by Gasteiger charge is -1.89. The second-order valence-corrected chi connectivity index (χ2v) is 2.29. The molecule has 2 heteroatoms. The summed E-state index contributed by atoms with van der Waals surface area (Å²) < 4.78 is 12.9. The molecule has 1 rings (SSSR count). The van der Waals surface area contributed by atoms with Crippen molar-refractivity contribution in [3.63, 3.8) is 0 Å². The van der Waals surface area contributed by atoms with Gasteiger partial charge in [-0.1, -0.05) is 35.6 Å². The molecule has 0 unspecified atom stereocenters. The van der Waals surface area contributed by atoms with Gasteiger partial charge < -0.3 is 0 Å². The third-order valence-corrected chi connectivity index (χ3v) is 1.35. The van der Waals surface area contributed by atoms with Crippen molar-refractivity contribution in [3.05, 3.63) is 47.3 Å². The first-order valence-electron chi connectivity index (χ1n) is 3.36. The Morgan fingerprint density at radius 1 is 1.33 bits per heavy atom. The van der Waals surface area contributed by atoms with E-state index in [2.05, 4.69) is 11.8 Å². The highest BCUT2D eigenvalue weighted by Gasteiger charge is 1.93. The van der Waals surface area contributed by atoms with E-state index in [-0.39, 0.29) is 5.82 Å². The van der Waals surface area contributed by atoms with Crippen LogP contribution >= 0.6 is 11.6 Å². The van der Waals surface area contributed by atoms with Crippen molar-refractivity contribution in [3.8, 4) is 11.8 Å². The quantitative estimate of drug-likeness (QED) is 0.539. The lowest BCUT2D eigenvalue weighted by molar-refractivity contribution is 0.624. The molecule has 1 aromatic rings. The van der Waals surface area contributed by atoms with Crippen molar-refractivity contribution in [2.75, 3.05) is 0 Å². The molecule has 0 atom stereocenters. The maximum absolute atomic E-state index is 12.9. The van der Waals surface area contributed by atoms with Crippen molar-refractivity contribution in [1.29, 1.82) is 0 Å². The van der Waals surface area contributed by atoms with Crippen molar-refractivity contribution in [1.82, 2.24) is 0 Å². The molecule has 1 aromatic carbocycles. The Hall–Kier alpha value is -1.26. The Bertz CT molecular complexity index is 344. The van der Waals surface area contributed by atoms with Gasteiger partial charge in [-0.05, 0) is 18.2 Å². The molecular weight excluding hydrogens is 175 g/mol. The molecule has 0 bridgehead atoms. The molecule has 0 aliphatic rings. The summed E-state index contributed by atoms with van der Waals surface area (Å²) in [4.78, 5) is 0. The van der Waals surface area contributed by atoms with E-state index in [0.717, 1.165) is 0 Å². The van der Waals surface area contributed by atoms with E-state index in [1.54, 1.807) is 18.2 Å². The fourth-order valence-electron chi connectivity index (χ4n) is 0.713. The third kappa shape index (κ3) is 2.41. The van der Waals surface area contributed by atoms with Crippen LogP contribution in [0.25, 0.3) is 0 Å². The molecule has 0 saturated heterocycles. The van der Waals surface area contributed by atoms with Crippen LogP contribution in [-0.4, -0.2) is 0 Å². The molecule has 0 heterocycles. The second kappa shape index (κ2) is 4.58. The van der Waals surface area contributed by atoms with Gasteiger partial charge in [-0.25, -0.2) is 4.39 Å². The minimum Gasteiger partial charge on any atom is -0.206 e. The predicted octanol–water partition coefficient (Wildman–Crippen LogP) is 2.93. The second-order valence-electron chi connectivity index (χ2n) is 2.04. The summed E-state index contributed by atoms with van der Waals surface area (Å²) in [7, 11) is 0. The summed E-state index contributed by atoms with van der Waals surface area (Å²) in [5.41, 5.74) is 1.67. The van der Waals surface area contributed by atoms with Crippen molar-refractivity contribution in [2.24, 2.45) is 0 Å². The molecular formula is C10H6ClF. The van der Waals surface area contributed by atoms with Crippen LogP contribution in [0.15, 0.2) is 35.9 Å². The summed E-state index contributed by atoms with van der Waals surface area (Å²) in [6, 6.07) is 6.34. The van der Waals surface area contributed by atoms with Crippen LogP contribution in [0.2, 0.25) is 0 Å². The maximum atomic E-state index is 12.9. The van der Waals surface area contributed by atoms with E-state index in [0.29, 0.717) is 5.56 Å². The molecule has 0 amide bonds. The van der Waals surface area contributed by atoms with Gasteiger partial charge in [0.05, 0.1) is 5.56 Å². The Kier molecular flexibility index (Phi) is 3.37. The highest BCUT2D eigenvalue weighted by molar-refractivity contribution is 6.25. The number of benzene rings is 1. The first-order valence-corrected chi connectivity index (χ1v) is 3.79. The van der Waals surface area contributed by atoms with Gasteiger partial charge in [-0.2, -0.15) is 0 Å². The SMILES string of the molecule is Fc1ccccc1C#C/C=C\Cl. The maximum Gasteiger partial charge on any atom is 0.138 e. The van der Waals surface area contributed by atoms with E-state index in [4.69, 9.17) is 11.6 Å². The van der Waals surface area contributed by atoms with Gasteiger partial charge in [0.2, 0.25) is 0 Å². The molecule has 60 valence electrons. The summed E-state index contributed by atoms with van der Waals surface area (Å²) in [5.74, 6) is 4.90. The average Bonchev–Trinajstić information content (AvgIpc) is 2.09. The first-order chi connectivity index (χ1) is 5.84. The van der Waals surface area contributed by atoms with Crippen molar-refractivity contribution in [2.45, 2.75) is 0 Å². The van der Waals surface area contributed by atoms with Gasteiger partial charge in [-0.15, -0.1) is 0 Å². The zero-order valence-corrected chi connectivity index (χ0v) is 6.98. The highest BCUT2D eigenvalue weighted by Crippen LogP contribution is 2.03. The van der Waals surface area contributed by atoms with Crippen LogP contribution in [0.1, 0.15) is 5.56 Å². The van der Waals surface area contributed by atoms with E-state index in [9.17, 15) is 4.39 Å². The monoisotopic (exact) mass is 180 g/mol. The third-order valence-electron chi connectivity index (χ3n) is 1.23. The van der Waals surface area contributed by atoms with Gasteiger partial charge in [0.15, 0.2) is 0 Å². The number of allylic oxidation sites excluding steroid dienone is 1. The lowest BCUT2D eigenvalue weighted by atomic mass is 10.2. The van der Waals surface area contributed by atoms with Gasteiger partial charge in [0.1, 0.15) is 5.82 Å². The van der Waals surface area contributed by atoms with Crippen LogP contribution < -0.4 is 0 Å². The average molecular weight is 181 g/mol. The summed E-state index contributed by atoms with van der Waals surface area (Å²) in [6.45, 7) is 0. The number of hydrogen-bond donors (Lipinski definition) is 0. The molecule has 0 radical (unpaired) electrons. The molecule has 0 fully saturated rings. The predicted molar refractivity (Wildman–Crippen MR) is 48.3 cm³/mol. The number of hydrogen-bond acceptors (Lipinski definition) is 0. The Morgan fingerprint density at radius 3 is 2.75 bits per heavy atom. The minimum absolute atomic E-state index is 0.312. The number of rotatable bonds is 0. The van der Waals surface area contributed by atoms with E-state index in [1.807, 2.05) is 0 Å². The minimum atomic E-state index is -0.312. The van der Waals surface area contributed by atoms with Gasteiger partial charge >= 0.3 is 0 Å². The van der Waals surface area contributed by atoms with Crippen LogP contribution in [0.3, 0.4) is 0 Å². The highest BCUT2D eigenvalue weighted by atomic mass is 35.5. The largest absolute Gasteiger partial charge is 0.206 e. The van der Waals surface area contributed by atoms with Crippen LogP contribution in [0.5, 0.6) is 0 Å². The van der Waals surface area contributed by atoms with Gasteiger partial charge in [0, 0.05) is 5.54 Å². The lowest BCUT2D eigenvalue weighted by Crippen LogP contribution is -1.79. The zero-order valence-electron chi connectivity index (χ0n) is 6.22. The molecule has 0 N–H and O–H groups in total. The fraction of sp³-hybridized carbons (Fsp3) is 0. The van der Waals surface area contributed by atoms with E-state index in [1.165, 1.54) is 17.7 Å². The smallest absolute Gasteiger partial charge is 0.138 e. The summed E-state index contributed by atoms with van der Waals surface area (Å²) in [5, 5.41) is 0. The summed E-state index contributed by atoms with van der Waals surface area (Å²) >= 11 is 5.23. The van der Waals surface area contributed by atoms with Crippen LogP contribution in [-0.2, 0) is 0 Å². The van der Waals surface area contributed by atoms with E-state index >= 15 is 0 Å². The van der Waals surface area contributed by atoms with Gasteiger partial charge in [0.25, 0.3) is 0 Å². The van der Waals surface area contributed by atoms with Crippen LogP contribution in [0.4, 0.5) is 4.39 Å². The zero-order chi connectivity index (χ0) is 8.81. The topological polar surface area (TPSA) is 0 Å². The summed E-state index contributed by atoms with van der Waals surface area (Å²) in [6.07, 6.45) is 1.45. The van der Waals surface area contributed by atoms with Crippen molar-refractivity contribution >= 4 is 11.6 Å². The first kappa shape index (κ1) is 8.83. The van der Waals surface area contributed by atoms with Crippen molar-refractivity contribution < 1.29 is 4.39 Å². The Morgan fingerprint density at radius 2 is 2.08 bits per heavy atom. The molecule has 0 aliphatic heterocycles.